The molecule has 1 N–H and O–H groups in total. The van der Waals surface area contributed by atoms with E-state index >= 15 is 0 Å². The van der Waals surface area contributed by atoms with Crippen LogP contribution in [0.25, 0.3) is 10.8 Å². The second-order valence-corrected chi connectivity index (χ2v) is 7.22. The molecule has 3 rings (SSSR count). The van der Waals surface area contributed by atoms with Crippen molar-refractivity contribution in [2.24, 2.45) is 0 Å². The minimum absolute atomic E-state index is 0. The Bertz CT molecular complexity index is 1010. The van der Waals surface area contributed by atoms with E-state index in [1.165, 1.54) is 6.07 Å². The molecule has 0 amide bonds. The van der Waals surface area contributed by atoms with Gasteiger partial charge in [0.2, 0.25) is 0 Å². The van der Waals surface area contributed by atoms with Gasteiger partial charge in [0.25, 0.3) is 10.0 Å². The number of nitrogens with one attached hydrogen (secondary N) is 1. The molecule has 3 aromatic rings. The number of halogens is 3. The van der Waals surface area contributed by atoms with E-state index < -0.39 is 15.8 Å². The maximum atomic E-state index is 13.8. The zero-order valence-corrected chi connectivity index (χ0v) is 15.0. The van der Waals surface area contributed by atoms with Crippen LogP contribution in [-0.2, 0) is 10.0 Å². The lowest BCUT2D eigenvalue weighted by Gasteiger charge is -2.12. The highest BCUT2D eigenvalue weighted by atomic mass is 35.5. The summed E-state index contributed by atoms with van der Waals surface area (Å²) in [4.78, 5) is 0.0196. The van der Waals surface area contributed by atoms with Crippen molar-refractivity contribution in [3.63, 3.8) is 0 Å². The molecule has 0 aliphatic heterocycles. The molecule has 7 heteroatoms. The molecule has 0 heterocycles. The Morgan fingerprint density at radius 2 is 1.67 bits per heavy atom. The van der Waals surface area contributed by atoms with Gasteiger partial charge in [-0.25, -0.2) is 12.8 Å². The smallest absolute Gasteiger partial charge is 0.262 e. The van der Waals surface area contributed by atoms with Crippen molar-refractivity contribution < 1.29 is 12.8 Å². The number of anilines is 1. The van der Waals surface area contributed by atoms with Gasteiger partial charge in [-0.1, -0.05) is 41.9 Å². The van der Waals surface area contributed by atoms with Crippen LogP contribution in [0.5, 0.6) is 0 Å². The molecule has 0 aliphatic rings. The Morgan fingerprint density at radius 3 is 2.33 bits per heavy atom. The third-order valence-electron chi connectivity index (χ3n) is 3.54. The normalized spacial score (nSPS) is 11.1. The number of hydrogen-bond acceptors (Lipinski definition) is 2. The maximum Gasteiger partial charge on any atom is 0.262 e. The van der Waals surface area contributed by atoms with Crippen LogP contribution in [0.3, 0.4) is 0 Å². The number of hydrogen-bond donors (Lipinski definition) is 1. The molecule has 0 bridgehead atoms. The number of rotatable bonds is 3. The van der Waals surface area contributed by atoms with E-state index in [1.807, 2.05) is 6.92 Å². The first-order valence-corrected chi connectivity index (χ1v) is 8.71. The van der Waals surface area contributed by atoms with Crippen molar-refractivity contribution in [3.8, 4) is 0 Å². The van der Waals surface area contributed by atoms with Crippen LogP contribution < -0.4 is 4.72 Å². The number of aryl methyl sites for hydroxylation is 1. The molecule has 0 aliphatic carbocycles. The topological polar surface area (TPSA) is 46.2 Å². The monoisotopic (exact) mass is 385 g/mol. The Labute approximate surface area is 150 Å². The second-order valence-electron chi connectivity index (χ2n) is 5.16. The van der Waals surface area contributed by atoms with Gasteiger partial charge < -0.3 is 0 Å². The fraction of sp³-hybridized carbons (Fsp3) is 0.0588. The zero-order chi connectivity index (χ0) is 16.6. The minimum Gasteiger partial charge on any atom is -0.280 e. The standard InChI is InChI=1S/C17H13ClFNO2S.ClH/c1-11-6-7-12(10-15(11)18)20-23(21,22)17-9-8-16(19)13-4-2-3-5-14(13)17;/h2-10,20H,1H3;1H. The lowest BCUT2D eigenvalue weighted by Crippen LogP contribution is -2.13. The highest BCUT2D eigenvalue weighted by Gasteiger charge is 2.19. The van der Waals surface area contributed by atoms with Gasteiger partial charge in [0.15, 0.2) is 0 Å². The third-order valence-corrected chi connectivity index (χ3v) is 5.39. The van der Waals surface area contributed by atoms with Gasteiger partial charge >= 0.3 is 0 Å². The van der Waals surface area contributed by atoms with E-state index in [9.17, 15) is 12.8 Å². The fourth-order valence-corrected chi connectivity index (χ4v) is 3.78. The Morgan fingerprint density at radius 1 is 1.00 bits per heavy atom. The highest BCUT2D eigenvalue weighted by Crippen LogP contribution is 2.28. The highest BCUT2D eigenvalue weighted by molar-refractivity contribution is 7.93. The molecular formula is C17H14Cl2FNO2S. The Hall–Kier alpha value is -1.82. The summed E-state index contributed by atoms with van der Waals surface area (Å²) < 4.78 is 41.6. The quantitative estimate of drug-likeness (QED) is 0.676. The first kappa shape index (κ1) is 18.5. The summed E-state index contributed by atoms with van der Waals surface area (Å²) in [5, 5.41) is 1.06. The van der Waals surface area contributed by atoms with E-state index in [1.54, 1.807) is 42.5 Å². The van der Waals surface area contributed by atoms with Gasteiger partial charge in [0.1, 0.15) is 5.82 Å². The van der Waals surface area contributed by atoms with E-state index in [4.69, 9.17) is 11.6 Å². The number of fused-ring (bicyclic) bond motifs is 1. The minimum atomic E-state index is -3.86. The van der Waals surface area contributed by atoms with Gasteiger partial charge in [0, 0.05) is 15.8 Å². The van der Waals surface area contributed by atoms with E-state index in [0.29, 0.717) is 16.1 Å². The van der Waals surface area contributed by atoms with E-state index in [2.05, 4.69) is 4.72 Å². The van der Waals surface area contributed by atoms with Crippen molar-refractivity contribution >= 4 is 50.5 Å². The van der Waals surface area contributed by atoms with Crippen LogP contribution in [0.2, 0.25) is 5.02 Å². The summed E-state index contributed by atoms with van der Waals surface area (Å²) in [6, 6.07) is 13.8. The molecule has 0 aromatic heterocycles. The van der Waals surface area contributed by atoms with Crippen molar-refractivity contribution in [1.29, 1.82) is 0 Å². The van der Waals surface area contributed by atoms with Crippen molar-refractivity contribution in [2.45, 2.75) is 11.8 Å². The maximum absolute atomic E-state index is 13.8. The van der Waals surface area contributed by atoms with Crippen LogP contribution in [-0.4, -0.2) is 8.42 Å². The van der Waals surface area contributed by atoms with Crippen LogP contribution in [0, 0.1) is 12.7 Å². The van der Waals surface area contributed by atoms with E-state index in [0.717, 1.165) is 11.6 Å². The third kappa shape index (κ3) is 3.48. The fourth-order valence-electron chi connectivity index (χ4n) is 2.34. The van der Waals surface area contributed by atoms with Gasteiger partial charge in [-0.3, -0.25) is 4.72 Å². The predicted octanol–water partition coefficient (Wildman–Crippen LogP) is 5.16. The summed E-state index contributed by atoms with van der Waals surface area (Å²) in [6.45, 7) is 1.83. The predicted molar refractivity (Wildman–Crippen MR) is 98.2 cm³/mol. The summed E-state index contributed by atoms with van der Waals surface area (Å²) in [6.07, 6.45) is 0. The second kappa shape index (κ2) is 6.97. The van der Waals surface area contributed by atoms with E-state index in [-0.39, 0.29) is 22.7 Å². The van der Waals surface area contributed by atoms with Crippen molar-refractivity contribution in [1.82, 2.24) is 0 Å². The van der Waals surface area contributed by atoms with Gasteiger partial charge in [-0.05, 0) is 36.8 Å². The SMILES string of the molecule is Cc1ccc(NS(=O)(=O)c2ccc(F)c3ccccc23)cc1Cl.Cl. The molecule has 126 valence electrons. The zero-order valence-electron chi connectivity index (χ0n) is 12.6. The summed E-state index contributed by atoms with van der Waals surface area (Å²) in [5.41, 5.74) is 1.20. The number of sulfonamides is 1. The Balaban J connectivity index is 0.00000208. The molecule has 0 saturated carbocycles. The van der Waals surface area contributed by atoms with Crippen LogP contribution in [0.15, 0.2) is 59.5 Å². The first-order valence-electron chi connectivity index (χ1n) is 6.85. The molecule has 0 unspecified atom stereocenters. The van der Waals surface area contributed by atoms with Crippen molar-refractivity contribution in [3.05, 3.63) is 71.0 Å². The number of benzene rings is 3. The molecule has 0 atom stereocenters. The molecule has 0 radical (unpaired) electrons. The lowest BCUT2D eigenvalue weighted by atomic mass is 10.1. The van der Waals surface area contributed by atoms with Crippen LogP contribution in [0.1, 0.15) is 5.56 Å². The molecule has 0 fully saturated rings. The van der Waals surface area contributed by atoms with Gasteiger partial charge in [0.05, 0.1) is 10.6 Å². The molecule has 3 aromatic carbocycles. The van der Waals surface area contributed by atoms with Crippen LogP contribution >= 0.6 is 24.0 Å². The largest absolute Gasteiger partial charge is 0.280 e. The molecule has 3 nitrogen and oxygen atoms in total. The van der Waals surface area contributed by atoms with Crippen molar-refractivity contribution in [2.75, 3.05) is 4.72 Å². The molecule has 0 saturated heterocycles. The molecular weight excluding hydrogens is 372 g/mol. The van der Waals surface area contributed by atoms with Gasteiger partial charge in [-0.15, -0.1) is 12.4 Å². The van der Waals surface area contributed by atoms with Crippen LogP contribution in [0.4, 0.5) is 10.1 Å². The molecule has 24 heavy (non-hydrogen) atoms. The Kier molecular flexibility index (Phi) is 5.38. The summed E-state index contributed by atoms with van der Waals surface area (Å²) in [7, 11) is -3.86. The molecule has 0 spiro atoms. The average molecular weight is 386 g/mol. The lowest BCUT2D eigenvalue weighted by molar-refractivity contribution is 0.601. The van der Waals surface area contributed by atoms with Gasteiger partial charge in [-0.2, -0.15) is 0 Å². The first-order chi connectivity index (χ1) is 10.9. The average Bonchev–Trinajstić information content (AvgIpc) is 2.51. The summed E-state index contributed by atoms with van der Waals surface area (Å²) >= 11 is 6.02. The summed E-state index contributed by atoms with van der Waals surface area (Å²) in [5.74, 6) is -0.460.